The van der Waals surface area contributed by atoms with Crippen LogP contribution >= 0.6 is 11.8 Å². The van der Waals surface area contributed by atoms with Gasteiger partial charge in [-0.1, -0.05) is 0 Å². The minimum Gasteiger partial charge on any atom is -0.365 e. The van der Waals surface area contributed by atoms with Gasteiger partial charge in [-0.05, 0) is 12.8 Å². The Hall–Kier alpha value is -1.34. The first-order valence-corrected chi connectivity index (χ1v) is 9.52. The van der Waals surface area contributed by atoms with E-state index in [1.165, 1.54) is 12.8 Å². The molecule has 1 aromatic rings. The van der Waals surface area contributed by atoms with Crippen LogP contribution in [0.15, 0.2) is 12.4 Å². The quantitative estimate of drug-likeness (QED) is 0.826. The lowest BCUT2D eigenvalue weighted by Crippen LogP contribution is -2.52. The van der Waals surface area contributed by atoms with E-state index in [1.807, 2.05) is 16.7 Å². The van der Waals surface area contributed by atoms with Gasteiger partial charge in [0.1, 0.15) is 12.1 Å². The summed E-state index contributed by atoms with van der Waals surface area (Å²) in [7, 11) is 0. The van der Waals surface area contributed by atoms with Crippen LogP contribution in [0.25, 0.3) is 0 Å². The predicted molar refractivity (Wildman–Crippen MR) is 89.9 cm³/mol. The lowest BCUT2D eigenvalue weighted by atomic mass is 10.2. The summed E-state index contributed by atoms with van der Waals surface area (Å²) in [4.78, 5) is 25.5. The summed E-state index contributed by atoms with van der Waals surface area (Å²) in [6, 6.07) is 2.09. The van der Waals surface area contributed by atoms with Crippen LogP contribution in [0.2, 0.25) is 0 Å². The summed E-state index contributed by atoms with van der Waals surface area (Å²) in [6.45, 7) is 3.61. The zero-order chi connectivity index (χ0) is 15.6. The van der Waals surface area contributed by atoms with Gasteiger partial charge in [0.15, 0.2) is 6.10 Å². The number of anilines is 1. The maximum absolute atomic E-state index is 12.6. The Kier molecular flexibility index (Phi) is 4.39. The summed E-state index contributed by atoms with van der Waals surface area (Å²) in [6.07, 6.45) is 3.74. The molecule has 1 aromatic heterocycles. The number of carbonyl (C=O) groups excluding carboxylic acids is 1. The van der Waals surface area contributed by atoms with Crippen molar-refractivity contribution in [3.05, 3.63) is 18.1 Å². The molecule has 0 bridgehead atoms. The van der Waals surface area contributed by atoms with Crippen molar-refractivity contribution in [1.29, 1.82) is 0 Å². The Bertz CT molecular complexity index is 575. The molecule has 1 unspecified atom stereocenters. The predicted octanol–water partition coefficient (Wildman–Crippen LogP) is 1.13. The summed E-state index contributed by atoms with van der Waals surface area (Å²) < 4.78 is 5.75. The van der Waals surface area contributed by atoms with E-state index in [9.17, 15) is 4.79 Å². The molecule has 0 N–H and O–H groups in total. The smallest absolute Gasteiger partial charge is 0.253 e. The van der Waals surface area contributed by atoms with Crippen LogP contribution in [0.1, 0.15) is 24.5 Å². The fraction of sp³-hybridized carbons (Fsp3) is 0.688. The van der Waals surface area contributed by atoms with Gasteiger partial charge in [-0.25, -0.2) is 9.97 Å². The molecular weight excluding hydrogens is 312 g/mol. The molecule has 0 aromatic carbocycles. The second-order valence-electron chi connectivity index (χ2n) is 6.32. The highest BCUT2D eigenvalue weighted by Gasteiger charge is 2.32. The molecule has 3 aliphatic rings. The van der Waals surface area contributed by atoms with Crippen molar-refractivity contribution in [2.24, 2.45) is 0 Å². The van der Waals surface area contributed by atoms with Gasteiger partial charge in [0, 0.05) is 48.8 Å². The summed E-state index contributed by atoms with van der Waals surface area (Å²) in [5.74, 6) is 3.72. The number of amides is 1. The van der Waals surface area contributed by atoms with Gasteiger partial charge in [-0.2, -0.15) is 11.8 Å². The highest BCUT2D eigenvalue weighted by atomic mass is 32.2. The third-order valence-corrected chi connectivity index (χ3v) is 5.60. The Morgan fingerprint density at radius 2 is 2.04 bits per heavy atom. The molecule has 3 fully saturated rings. The van der Waals surface area contributed by atoms with E-state index in [4.69, 9.17) is 4.74 Å². The molecule has 0 radical (unpaired) electrons. The van der Waals surface area contributed by atoms with Gasteiger partial charge < -0.3 is 14.5 Å². The lowest BCUT2D eigenvalue weighted by molar-refractivity contribution is -0.144. The van der Waals surface area contributed by atoms with E-state index in [-0.39, 0.29) is 12.0 Å². The van der Waals surface area contributed by atoms with Gasteiger partial charge in [0.2, 0.25) is 0 Å². The van der Waals surface area contributed by atoms with Gasteiger partial charge in [0.25, 0.3) is 5.91 Å². The minimum atomic E-state index is -0.369. The molecular formula is C16H22N4O2S. The Labute approximate surface area is 140 Å². The fourth-order valence-corrected chi connectivity index (χ4v) is 4.03. The molecule has 0 spiro atoms. The number of hydrogen-bond acceptors (Lipinski definition) is 6. The molecule has 1 amide bonds. The first-order valence-electron chi connectivity index (χ1n) is 8.36. The van der Waals surface area contributed by atoms with Crippen LogP contribution in [-0.4, -0.2) is 71.2 Å². The number of carbonyl (C=O) groups is 1. The van der Waals surface area contributed by atoms with Crippen molar-refractivity contribution in [2.45, 2.75) is 24.9 Å². The number of morpholine rings is 1. The highest BCUT2D eigenvalue weighted by molar-refractivity contribution is 7.99. The van der Waals surface area contributed by atoms with Crippen molar-refractivity contribution < 1.29 is 9.53 Å². The van der Waals surface area contributed by atoms with E-state index in [0.717, 1.165) is 42.7 Å². The second-order valence-corrected chi connectivity index (χ2v) is 7.54. The monoisotopic (exact) mass is 334 g/mol. The topological polar surface area (TPSA) is 58.6 Å². The Morgan fingerprint density at radius 1 is 1.22 bits per heavy atom. The average Bonchev–Trinajstić information content (AvgIpc) is 3.47. The SMILES string of the molecule is O=C(C1CN(c2cc(C3CC3)ncn2)CCO1)N1CCSCC1. The molecule has 23 heavy (non-hydrogen) atoms. The van der Waals surface area contributed by atoms with Crippen molar-refractivity contribution in [1.82, 2.24) is 14.9 Å². The number of aromatic nitrogens is 2. The molecule has 7 heteroatoms. The Morgan fingerprint density at radius 3 is 2.83 bits per heavy atom. The van der Waals surface area contributed by atoms with Crippen LogP contribution in [0.5, 0.6) is 0 Å². The third-order valence-electron chi connectivity index (χ3n) is 4.66. The largest absolute Gasteiger partial charge is 0.365 e. The number of nitrogens with zero attached hydrogens (tertiary/aromatic N) is 4. The summed E-state index contributed by atoms with van der Waals surface area (Å²) >= 11 is 1.91. The molecule has 2 aliphatic heterocycles. The lowest BCUT2D eigenvalue weighted by Gasteiger charge is -2.36. The summed E-state index contributed by atoms with van der Waals surface area (Å²) in [5.41, 5.74) is 1.14. The van der Waals surface area contributed by atoms with Crippen LogP contribution < -0.4 is 4.90 Å². The molecule has 124 valence electrons. The molecule has 1 saturated carbocycles. The zero-order valence-electron chi connectivity index (χ0n) is 13.2. The first-order chi connectivity index (χ1) is 11.3. The van der Waals surface area contributed by atoms with E-state index < -0.39 is 0 Å². The van der Waals surface area contributed by atoms with Crippen molar-refractivity contribution in [3.63, 3.8) is 0 Å². The van der Waals surface area contributed by atoms with E-state index >= 15 is 0 Å². The maximum Gasteiger partial charge on any atom is 0.253 e. The van der Waals surface area contributed by atoms with E-state index in [1.54, 1.807) is 6.33 Å². The molecule has 1 aliphatic carbocycles. The van der Waals surface area contributed by atoms with E-state index in [0.29, 0.717) is 19.1 Å². The standard InChI is InChI=1S/C16H22N4O2S/c21-16(19-4-7-23-8-5-19)14-10-20(3-6-22-14)15-9-13(12-1-2-12)17-11-18-15/h9,11-12,14H,1-8,10H2. The van der Waals surface area contributed by atoms with Crippen LogP contribution in [-0.2, 0) is 9.53 Å². The molecule has 3 heterocycles. The Balaban J connectivity index is 1.44. The second kappa shape index (κ2) is 6.65. The first kappa shape index (κ1) is 15.2. The normalized spacial score (nSPS) is 25.5. The fourth-order valence-electron chi connectivity index (χ4n) is 3.13. The van der Waals surface area contributed by atoms with Gasteiger partial charge in [0.05, 0.1) is 13.2 Å². The van der Waals surface area contributed by atoms with E-state index in [2.05, 4.69) is 20.9 Å². The van der Waals surface area contributed by atoms with Gasteiger partial charge in [-0.3, -0.25) is 4.79 Å². The maximum atomic E-state index is 12.6. The molecule has 4 rings (SSSR count). The summed E-state index contributed by atoms with van der Waals surface area (Å²) in [5, 5.41) is 0. The third kappa shape index (κ3) is 3.45. The molecule has 2 saturated heterocycles. The van der Waals surface area contributed by atoms with Crippen molar-refractivity contribution in [3.8, 4) is 0 Å². The van der Waals surface area contributed by atoms with Gasteiger partial charge >= 0.3 is 0 Å². The number of thioether (sulfide) groups is 1. The van der Waals surface area contributed by atoms with Crippen LogP contribution in [0.4, 0.5) is 5.82 Å². The average molecular weight is 334 g/mol. The zero-order valence-corrected chi connectivity index (χ0v) is 14.0. The molecule has 1 atom stereocenters. The van der Waals surface area contributed by atoms with Gasteiger partial charge in [-0.15, -0.1) is 0 Å². The van der Waals surface area contributed by atoms with Crippen LogP contribution in [0.3, 0.4) is 0 Å². The number of ether oxygens (including phenoxy) is 1. The van der Waals surface area contributed by atoms with Crippen LogP contribution in [0, 0.1) is 0 Å². The number of hydrogen-bond donors (Lipinski definition) is 0. The minimum absolute atomic E-state index is 0.131. The number of rotatable bonds is 3. The van der Waals surface area contributed by atoms with Crippen molar-refractivity contribution in [2.75, 3.05) is 49.2 Å². The van der Waals surface area contributed by atoms with Crippen molar-refractivity contribution >= 4 is 23.5 Å². The highest BCUT2D eigenvalue weighted by Crippen LogP contribution is 2.39. The molecule has 6 nitrogen and oxygen atoms in total.